The summed E-state index contributed by atoms with van der Waals surface area (Å²) in [6.07, 6.45) is 1.86. The lowest BCUT2D eigenvalue weighted by atomic mass is 9.85. The Morgan fingerprint density at radius 3 is 2.65 bits per heavy atom. The maximum Gasteiger partial charge on any atom is 0.336 e. The zero-order valence-electron chi connectivity index (χ0n) is 17.6. The first-order valence-corrected chi connectivity index (χ1v) is 9.89. The molecule has 0 unspecified atom stereocenters. The van der Waals surface area contributed by atoms with Crippen molar-refractivity contribution in [2.24, 2.45) is 5.92 Å². The van der Waals surface area contributed by atoms with Crippen molar-refractivity contribution in [3.05, 3.63) is 46.8 Å². The third-order valence-corrected chi connectivity index (χ3v) is 5.26. The van der Waals surface area contributed by atoms with Crippen LogP contribution >= 0.6 is 0 Å². The Balaban J connectivity index is 2.37. The fourth-order valence-electron chi connectivity index (χ4n) is 3.47. The van der Waals surface area contributed by atoms with Crippen LogP contribution in [-0.4, -0.2) is 65.3 Å². The van der Waals surface area contributed by atoms with E-state index in [4.69, 9.17) is 14.2 Å². The lowest BCUT2D eigenvalue weighted by Crippen LogP contribution is -2.34. The molecule has 0 saturated carbocycles. The molecule has 0 amide bonds. The van der Waals surface area contributed by atoms with E-state index in [-0.39, 0.29) is 43.0 Å². The Labute approximate surface area is 180 Å². The van der Waals surface area contributed by atoms with Crippen molar-refractivity contribution >= 4 is 17.9 Å². The maximum atomic E-state index is 12.7. The average Bonchev–Trinajstić information content (AvgIpc) is 2.99. The van der Waals surface area contributed by atoms with E-state index in [1.54, 1.807) is 13.0 Å². The highest BCUT2D eigenvalue weighted by molar-refractivity contribution is 5.92. The highest BCUT2D eigenvalue weighted by atomic mass is 16.6. The minimum atomic E-state index is -0.934. The molecule has 1 fully saturated rings. The van der Waals surface area contributed by atoms with Crippen molar-refractivity contribution in [1.82, 2.24) is 0 Å². The molecule has 2 aliphatic rings. The van der Waals surface area contributed by atoms with Crippen LogP contribution in [0.25, 0.3) is 0 Å². The van der Waals surface area contributed by atoms with Gasteiger partial charge in [-0.2, -0.15) is 0 Å². The van der Waals surface area contributed by atoms with E-state index < -0.39 is 42.6 Å². The number of ether oxygens (including phenoxy) is 3. The van der Waals surface area contributed by atoms with Gasteiger partial charge in [0.25, 0.3) is 0 Å². The number of rotatable bonds is 6. The maximum absolute atomic E-state index is 12.7. The van der Waals surface area contributed by atoms with Crippen LogP contribution in [0, 0.1) is 5.92 Å². The van der Waals surface area contributed by atoms with Crippen LogP contribution in [0.4, 0.5) is 0 Å². The fourth-order valence-corrected chi connectivity index (χ4v) is 3.47. The summed E-state index contributed by atoms with van der Waals surface area (Å²) in [5.74, 6) is -2.68. The third kappa shape index (κ3) is 6.28. The highest BCUT2D eigenvalue weighted by Gasteiger charge is 2.45. The lowest BCUT2D eigenvalue weighted by Gasteiger charge is -2.28. The Kier molecular flexibility index (Phi) is 8.58. The van der Waals surface area contributed by atoms with Crippen molar-refractivity contribution in [3.8, 4) is 0 Å². The highest BCUT2D eigenvalue weighted by Crippen LogP contribution is 2.37. The van der Waals surface area contributed by atoms with Crippen LogP contribution in [0.15, 0.2) is 46.8 Å². The third-order valence-electron chi connectivity index (χ3n) is 5.26. The van der Waals surface area contributed by atoms with Gasteiger partial charge in [-0.05, 0) is 36.6 Å². The normalized spacial score (nSPS) is 26.5. The van der Waals surface area contributed by atoms with Gasteiger partial charge in [-0.25, -0.2) is 9.59 Å². The molecule has 1 saturated heterocycles. The van der Waals surface area contributed by atoms with Gasteiger partial charge in [0.1, 0.15) is 18.8 Å². The van der Waals surface area contributed by atoms with Gasteiger partial charge in [0.2, 0.25) is 0 Å². The van der Waals surface area contributed by atoms with E-state index in [0.29, 0.717) is 17.6 Å². The zero-order valence-corrected chi connectivity index (χ0v) is 17.6. The molecule has 31 heavy (non-hydrogen) atoms. The molecule has 1 heterocycles. The molecule has 9 nitrogen and oxygen atoms in total. The van der Waals surface area contributed by atoms with Crippen LogP contribution < -0.4 is 0 Å². The smallest absolute Gasteiger partial charge is 0.336 e. The molecule has 170 valence electrons. The Morgan fingerprint density at radius 1 is 1.32 bits per heavy atom. The molecule has 1 aliphatic carbocycles. The first-order valence-electron chi connectivity index (χ1n) is 9.89. The van der Waals surface area contributed by atoms with Gasteiger partial charge in [0, 0.05) is 25.3 Å². The van der Waals surface area contributed by atoms with Crippen molar-refractivity contribution in [3.63, 3.8) is 0 Å². The molecule has 2 rings (SSSR count). The van der Waals surface area contributed by atoms with Gasteiger partial charge in [-0.1, -0.05) is 6.58 Å². The van der Waals surface area contributed by atoms with Crippen molar-refractivity contribution in [2.75, 3.05) is 19.8 Å². The Bertz CT molecular complexity index is 834. The number of carbonyl (C=O) groups is 3. The summed E-state index contributed by atoms with van der Waals surface area (Å²) in [5, 5.41) is 29.5. The molecule has 0 aromatic rings. The van der Waals surface area contributed by atoms with Crippen LogP contribution in [-0.2, 0) is 28.6 Å². The van der Waals surface area contributed by atoms with Crippen molar-refractivity contribution in [1.29, 1.82) is 0 Å². The van der Waals surface area contributed by atoms with Crippen molar-refractivity contribution < 1.29 is 43.9 Å². The molecule has 0 bridgehead atoms. The molecule has 1 aliphatic heterocycles. The van der Waals surface area contributed by atoms with Gasteiger partial charge in [0.15, 0.2) is 0 Å². The number of hydrogen-bond donors (Lipinski definition) is 3. The molecule has 0 radical (unpaired) electrons. The standard InChI is InChI=1S/C22H28O9/c1-12-8-18(31-22(28)16(11-24)6-7-29-14(3)25)20-13(2)21(27)30-19(20)9-15(10-23)4-5-17(12)26/h6,9,18-20,23-24,26H,2,4-5,7-8,10-11H2,1,3H3/b15-9-,16-6+,17-12?/t18-,19+,20+/m0/s1. The zero-order chi connectivity index (χ0) is 23.1. The topological polar surface area (TPSA) is 140 Å². The number of fused-ring (bicyclic) bond motifs is 1. The molecule has 0 aromatic carbocycles. The number of aliphatic hydroxyl groups is 3. The van der Waals surface area contributed by atoms with Crippen LogP contribution in [0.1, 0.15) is 33.1 Å². The van der Waals surface area contributed by atoms with E-state index in [1.165, 1.54) is 13.0 Å². The van der Waals surface area contributed by atoms with Crippen molar-refractivity contribution in [2.45, 2.75) is 45.3 Å². The number of esters is 3. The van der Waals surface area contributed by atoms with Crippen LogP contribution in [0.2, 0.25) is 0 Å². The SMILES string of the molecule is C=C1C(=O)O[C@@H]2/C=C(\CO)CCC(O)=C(C)C[C@H](OC(=O)/C(=C/COC(C)=O)CO)[C@@H]12. The monoisotopic (exact) mass is 436 g/mol. The first-order chi connectivity index (χ1) is 14.7. The quantitative estimate of drug-likeness (QED) is 0.244. The summed E-state index contributed by atoms with van der Waals surface area (Å²) in [4.78, 5) is 35.8. The average molecular weight is 436 g/mol. The summed E-state index contributed by atoms with van der Waals surface area (Å²) >= 11 is 0. The minimum Gasteiger partial charge on any atom is -0.512 e. The molecule has 0 spiro atoms. The summed E-state index contributed by atoms with van der Waals surface area (Å²) in [7, 11) is 0. The number of aliphatic hydroxyl groups excluding tert-OH is 3. The lowest BCUT2D eigenvalue weighted by molar-refractivity contribution is -0.148. The number of allylic oxidation sites excluding steroid dienone is 1. The van der Waals surface area contributed by atoms with E-state index in [1.807, 2.05) is 0 Å². The molecule has 3 N–H and O–H groups in total. The Hall–Kier alpha value is -2.91. The van der Waals surface area contributed by atoms with Gasteiger partial charge in [-0.15, -0.1) is 0 Å². The summed E-state index contributed by atoms with van der Waals surface area (Å²) in [6.45, 7) is 5.52. The van der Waals surface area contributed by atoms with E-state index >= 15 is 0 Å². The Morgan fingerprint density at radius 2 is 2.03 bits per heavy atom. The van der Waals surface area contributed by atoms with E-state index in [0.717, 1.165) is 0 Å². The second-order valence-electron chi connectivity index (χ2n) is 7.47. The molecular weight excluding hydrogens is 408 g/mol. The predicted octanol–water partition coefficient (Wildman–Crippen LogP) is 1.41. The van der Waals surface area contributed by atoms with Gasteiger partial charge >= 0.3 is 17.9 Å². The summed E-state index contributed by atoms with van der Waals surface area (Å²) in [5.41, 5.74) is 1.11. The fraction of sp³-hybridized carbons (Fsp3) is 0.500. The first kappa shape index (κ1) is 24.4. The second kappa shape index (κ2) is 10.9. The number of hydrogen-bond acceptors (Lipinski definition) is 9. The molecular formula is C22H28O9. The van der Waals surface area contributed by atoms with Gasteiger partial charge < -0.3 is 29.5 Å². The predicted molar refractivity (Wildman–Crippen MR) is 109 cm³/mol. The second-order valence-corrected chi connectivity index (χ2v) is 7.47. The molecule has 0 aromatic heterocycles. The molecule has 9 heteroatoms. The van der Waals surface area contributed by atoms with Gasteiger partial charge in [0.05, 0.1) is 30.5 Å². The van der Waals surface area contributed by atoms with Crippen LogP contribution in [0.3, 0.4) is 0 Å². The van der Waals surface area contributed by atoms with Gasteiger partial charge in [-0.3, -0.25) is 4.79 Å². The van der Waals surface area contributed by atoms with E-state index in [9.17, 15) is 29.7 Å². The minimum absolute atomic E-state index is 0.0995. The number of carbonyl (C=O) groups excluding carboxylic acids is 3. The summed E-state index contributed by atoms with van der Waals surface area (Å²) < 4.78 is 15.7. The molecule has 3 atom stereocenters. The largest absolute Gasteiger partial charge is 0.512 e. The van der Waals surface area contributed by atoms with E-state index in [2.05, 4.69) is 6.58 Å². The summed E-state index contributed by atoms with van der Waals surface area (Å²) in [6, 6.07) is 0. The van der Waals surface area contributed by atoms with Crippen LogP contribution in [0.5, 0.6) is 0 Å².